The van der Waals surface area contributed by atoms with Crippen molar-refractivity contribution in [2.75, 3.05) is 0 Å². The molecule has 0 saturated carbocycles. The van der Waals surface area contributed by atoms with Crippen LogP contribution in [0.25, 0.3) is 0 Å². The predicted molar refractivity (Wildman–Crippen MR) is 79.8 cm³/mol. The van der Waals surface area contributed by atoms with Gasteiger partial charge in [-0.15, -0.1) is 0 Å². The molecule has 0 saturated heterocycles. The van der Waals surface area contributed by atoms with Crippen molar-refractivity contribution in [3.63, 3.8) is 0 Å². The minimum Gasteiger partial charge on any atom is -0.352 e. The number of benzene rings is 1. The SMILES string of the molecule is CC(CCc1ccccc1)NC(=O)C(N)C(C)(C)C. The van der Waals surface area contributed by atoms with E-state index in [1.165, 1.54) is 5.56 Å². The summed E-state index contributed by atoms with van der Waals surface area (Å²) in [4.78, 5) is 12.0. The number of nitrogens with one attached hydrogen (secondary N) is 1. The quantitative estimate of drug-likeness (QED) is 0.856. The summed E-state index contributed by atoms with van der Waals surface area (Å²) in [5, 5.41) is 2.99. The molecule has 106 valence electrons. The lowest BCUT2D eigenvalue weighted by Gasteiger charge is -2.27. The van der Waals surface area contributed by atoms with Crippen LogP contribution in [-0.4, -0.2) is 18.0 Å². The molecule has 3 nitrogen and oxygen atoms in total. The van der Waals surface area contributed by atoms with Crippen molar-refractivity contribution in [2.45, 2.75) is 52.6 Å². The molecule has 2 atom stereocenters. The normalized spacial score (nSPS) is 14.8. The number of rotatable bonds is 5. The van der Waals surface area contributed by atoms with Crippen molar-refractivity contribution in [2.24, 2.45) is 11.1 Å². The van der Waals surface area contributed by atoms with Crippen LogP contribution in [0.3, 0.4) is 0 Å². The molecular weight excluding hydrogens is 236 g/mol. The van der Waals surface area contributed by atoms with Crippen molar-refractivity contribution in [3.05, 3.63) is 35.9 Å². The molecule has 1 aromatic rings. The van der Waals surface area contributed by atoms with E-state index in [1.54, 1.807) is 0 Å². The van der Waals surface area contributed by atoms with Gasteiger partial charge in [-0.25, -0.2) is 0 Å². The van der Waals surface area contributed by atoms with Gasteiger partial charge in [-0.2, -0.15) is 0 Å². The lowest BCUT2D eigenvalue weighted by atomic mass is 9.87. The van der Waals surface area contributed by atoms with Gasteiger partial charge < -0.3 is 11.1 Å². The molecule has 3 heteroatoms. The lowest BCUT2D eigenvalue weighted by molar-refractivity contribution is -0.125. The molecule has 0 aromatic heterocycles. The van der Waals surface area contributed by atoms with E-state index in [0.717, 1.165) is 12.8 Å². The molecule has 0 spiro atoms. The smallest absolute Gasteiger partial charge is 0.237 e. The highest BCUT2D eigenvalue weighted by molar-refractivity contribution is 5.82. The molecule has 0 aliphatic carbocycles. The zero-order valence-electron chi connectivity index (χ0n) is 12.4. The predicted octanol–water partition coefficient (Wildman–Crippen LogP) is 2.50. The lowest BCUT2D eigenvalue weighted by Crippen LogP contribution is -2.50. The first-order chi connectivity index (χ1) is 8.80. The molecule has 0 heterocycles. The van der Waals surface area contributed by atoms with Gasteiger partial charge in [-0.1, -0.05) is 51.1 Å². The van der Waals surface area contributed by atoms with E-state index >= 15 is 0 Å². The third-order valence-corrected chi connectivity index (χ3v) is 3.31. The number of hydrogen-bond donors (Lipinski definition) is 2. The summed E-state index contributed by atoms with van der Waals surface area (Å²) < 4.78 is 0. The molecule has 0 fully saturated rings. The number of amides is 1. The zero-order valence-corrected chi connectivity index (χ0v) is 12.4. The van der Waals surface area contributed by atoms with Gasteiger partial charge in [0.05, 0.1) is 6.04 Å². The molecule has 1 rings (SSSR count). The summed E-state index contributed by atoms with van der Waals surface area (Å²) in [6.07, 6.45) is 1.89. The van der Waals surface area contributed by atoms with Crippen LogP contribution in [0.4, 0.5) is 0 Å². The van der Waals surface area contributed by atoms with Crippen molar-refractivity contribution >= 4 is 5.91 Å². The monoisotopic (exact) mass is 262 g/mol. The highest BCUT2D eigenvalue weighted by atomic mass is 16.2. The fraction of sp³-hybridized carbons (Fsp3) is 0.562. The number of carbonyl (C=O) groups is 1. The summed E-state index contributed by atoms with van der Waals surface area (Å²) in [7, 11) is 0. The number of carbonyl (C=O) groups excluding carboxylic acids is 1. The first-order valence-corrected chi connectivity index (χ1v) is 6.90. The van der Waals surface area contributed by atoms with E-state index in [9.17, 15) is 4.79 Å². The molecule has 0 bridgehead atoms. The minimum atomic E-state index is -0.466. The summed E-state index contributed by atoms with van der Waals surface area (Å²) >= 11 is 0. The molecular formula is C16H26N2O. The molecule has 19 heavy (non-hydrogen) atoms. The Kier molecular flexibility index (Phi) is 5.55. The molecule has 0 aliphatic rings. The second-order valence-corrected chi connectivity index (χ2v) is 6.28. The largest absolute Gasteiger partial charge is 0.352 e. The summed E-state index contributed by atoms with van der Waals surface area (Å²) in [5.74, 6) is -0.0620. The van der Waals surface area contributed by atoms with Crippen LogP contribution in [0.1, 0.15) is 39.7 Å². The standard InChI is InChI=1S/C16H26N2O/c1-12(10-11-13-8-6-5-7-9-13)18-15(19)14(17)16(2,3)4/h5-9,12,14H,10-11,17H2,1-4H3,(H,18,19). The van der Waals surface area contributed by atoms with Crippen LogP contribution in [-0.2, 0) is 11.2 Å². The number of hydrogen-bond acceptors (Lipinski definition) is 2. The van der Waals surface area contributed by atoms with Gasteiger partial charge in [0.1, 0.15) is 0 Å². The van der Waals surface area contributed by atoms with Crippen molar-refractivity contribution in [1.82, 2.24) is 5.32 Å². The summed E-state index contributed by atoms with van der Waals surface area (Å²) in [6.45, 7) is 7.96. The fourth-order valence-corrected chi connectivity index (χ4v) is 1.83. The van der Waals surface area contributed by atoms with E-state index in [0.29, 0.717) is 0 Å². The Morgan fingerprint density at radius 2 is 1.84 bits per heavy atom. The second kappa shape index (κ2) is 6.71. The highest BCUT2D eigenvalue weighted by Crippen LogP contribution is 2.17. The Balaban J connectivity index is 2.39. The zero-order chi connectivity index (χ0) is 14.5. The minimum absolute atomic E-state index is 0.0620. The van der Waals surface area contributed by atoms with Crippen molar-refractivity contribution in [1.29, 1.82) is 0 Å². The summed E-state index contributed by atoms with van der Waals surface area (Å²) in [6, 6.07) is 9.97. The second-order valence-electron chi connectivity index (χ2n) is 6.28. The van der Waals surface area contributed by atoms with Gasteiger partial charge in [0.2, 0.25) is 5.91 Å². The van der Waals surface area contributed by atoms with E-state index in [4.69, 9.17) is 5.73 Å². The average Bonchev–Trinajstić information content (AvgIpc) is 2.35. The van der Waals surface area contributed by atoms with Crippen LogP contribution in [0.2, 0.25) is 0 Å². The maximum absolute atomic E-state index is 12.0. The van der Waals surface area contributed by atoms with Crippen LogP contribution in [0.5, 0.6) is 0 Å². The van der Waals surface area contributed by atoms with Crippen LogP contribution >= 0.6 is 0 Å². The average molecular weight is 262 g/mol. The van der Waals surface area contributed by atoms with Gasteiger partial charge in [-0.3, -0.25) is 4.79 Å². The first kappa shape index (κ1) is 15.7. The summed E-state index contributed by atoms with van der Waals surface area (Å²) in [5.41, 5.74) is 7.03. The maximum atomic E-state index is 12.0. The van der Waals surface area contributed by atoms with Crippen LogP contribution in [0.15, 0.2) is 30.3 Å². The molecule has 1 aromatic carbocycles. The van der Waals surface area contributed by atoms with Crippen LogP contribution in [0, 0.1) is 5.41 Å². The highest BCUT2D eigenvalue weighted by Gasteiger charge is 2.27. The third-order valence-electron chi connectivity index (χ3n) is 3.31. The van der Waals surface area contributed by atoms with E-state index < -0.39 is 6.04 Å². The maximum Gasteiger partial charge on any atom is 0.237 e. The molecule has 3 N–H and O–H groups in total. The molecule has 0 aliphatic heterocycles. The Morgan fingerprint density at radius 1 is 1.26 bits per heavy atom. The third kappa shape index (κ3) is 5.43. The van der Waals surface area contributed by atoms with Crippen molar-refractivity contribution < 1.29 is 4.79 Å². The Bertz CT molecular complexity index is 395. The molecule has 2 unspecified atom stereocenters. The van der Waals surface area contributed by atoms with E-state index in [2.05, 4.69) is 17.4 Å². The molecule has 0 radical (unpaired) electrons. The molecule has 1 amide bonds. The van der Waals surface area contributed by atoms with Gasteiger partial charge in [0.15, 0.2) is 0 Å². The topological polar surface area (TPSA) is 55.1 Å². The van der Waals surface area contributed by atoms with E-state index in [1.807, 2.05) is 45.9 Å². The number of aryl methyl sites for hydroxylation is 1. The van der Waals surface area contributed by atoms with Gasteiger partial charge in [-0.05, 0) is 30.7 Å². The van der Waals surface area contributed by atoms with Crippen LogP contribution < -0.4 is 11.1 Å². The Labute approximate surface area is 116 Å². The van der Waals surface area contributed by atoms with Crippen molar-refractivity contribution in [3.8, 4) is 0 Å². The van der Waals surface area contributed by atoms with Gasteiger partial charge >= 0.3 is 0 Å². The first-order valence-electron chi connectivity index (χ1n) is 6.90. The van der Waals surface area contributed by atoms with Gasteiger partial charge in [0.25, 0.3) is 0 Å². The number of nitrogens with two attached hydrogens (primary N) is 1. The fourth-order valence-electron chi connectivity index (χ4n) is 1.83. The Hall–Kier alpha value is -1.35. The van der Waals surface area contributed by atoms with E-state index in [-0.39, 0.29) is 17.4 Å². The van der Waals surface area contributed by atoms with Gasteiger partial charge in [0, 0.05) is 6.04 Å². The Morgan fingerprint density at radius 3 is 2.37 bits per heavy atom.